The highest BCUT2D eigenvalue weighted by Gasteiger charge is 2.38. The second kappa shape index (κ2) is 3.62. The third-order valence-corrected chi connectivity index (χ3v) is 3.86. The second-order valence-electron chi connectivity index (χ2n) is 3.19. The average molecular weight is 203 g/mol. The predicted molar refractivity (Wildman–Crippen MR) is 48.1 cm³/mol. The van der Waals surface area contributed by atoms with Crippen molar-refractivity contribution in [3.63, 3.8) is 0 Å². The molecule has 3 unspecified atom stereocenters. The van der Waals surface area contributed by atoms with E-state index in [-0.39, 0.29) is 12.1 Å². The largest absolute Gasteiger partial charge is 0.326 e. The van der Waals surface area contributed by atoms with E-state index < -0.39 is 15.3 Å². The number of nitrogens with zero attached hydrogens (tertiary/aromatic N) is 1. The topological polar surface area (TPSA) is 96.0 Å². The summed E-state index contributed by atoms with van der Waals surface area (Å²) in [6.45, 7) is 1.67. The Labute approximate surface area is 78.0 Å². The Balaban J connectivity index is 2.60. The maximum absolute atomic E-state index is 11.4. The molecule has 1 aliphatic carbocycles. The van der Waals surface area contributed by atoms with Crippen LogP contribution in [0.15, 0.2) is 0 Å². The van der Waals surface area contributed by atoms with E-state index in [1.165, 1.54) is 0 Å². The van der Waals surface area contributed by atoms with E-state index in [4.69, 9.17) is 11.0 Å². The third-order valence-electron chi connectivity index (χ3n) is 2.04. The van der Waals surface area contributed by atoms with Gasteiger partial charge in [0.05, 0.1) is 6.07 Å². The van der Waals surface area contributed by atoms with Gasteiger partial charge in [0.15, 0.2) is 5.25 Å². The van der Waals surface area contributed by atoms with Crippen molar-refractivity contribution in [1.82, 2.24) is 4.72 Å². The van der Waals surface area contributed by atoms with Crippen LogP contribution < -0.4 is 10.5 Å². The Morgan fingerprint density at radius 1 is 1.77 bits per heavy atom. The molecule has 0 heterocycles. The van der Waals surface area contributed by atoms with Gasteiger partial charge in [0.25, 0.3) is 0 Å². The van der Waals surface area contributed by atoms with Crippen LogP contribution in [0.1, 0.15) is 19.8 Å². The van der Waals surface area contributed by atoms with Crippen molar-refractivity contribution < 1.29 is 8.42 Å². The molecule has 0 amide bonds. The molecule has 0 aromatic heterocycles. The number of nitriles is 1. The third kappa shape index (κ3) is 2.40. The maximum atomic E-state index is 11.4. The molecular weight excluding hydrogens is 190 g/mol. The molecule has 1 rings (SSSR count). The summed E-state index contributed by atoms with van der Waals surface area (Å²) in [5.41, 5.74) is 5.45. The van der Waals surface area contributed by atoms with Crippen molar-refractivity contribution in [3.8, 4) is 6.07 Å². The molecule has 0 bridgehead atoms. The molecule has 0 aliphatic heterocycles. The number of hydrogen-bond donors (Lipinski definition) is 2. The van der Waals surface area contributed by atoms with Gasteiger partial charge in [-0.05, 0) is 12.8 Å². The normalized spacial score (nSPS) is 29.3. The summed E-state index contributed by atoms with van der Waals surface area (Å²) in [6, 6.07) is 1.51. The number of hydrogen-bond acceptors (Lipinski definition) is 4. The van der Waals surface area contributed by atoms with Gasteiger partial charge in [-0.15, -0.1) is 0 Å². The van der Waals surface area contributed by atoms with E-state index in [1.54, 1.807) is 13.0 Å². The quantitative estimate of drug-likeness (QED) is 0.632. The smallest absolute Gasteiger partial charge is 0.228 e. The number of nitrogens with two attached hydrogens (primary N) is 1. The first-order chi connectivity index (χ1) is 6.01. The fourth-order valence-electron chi connectivity index (χ4n) is 1.02. The van der Waals surface area contributed by atoms with Crippen molar-refractivity contribution >= 4 is 10.0 Å². The van der Waals surface area contributed by atoms with Gasteiger partial charge in [-0.25, -0.2) is 13.1 Å². The minimum atomic E-state index is -3.48. The monoisotopic (exact) mass is 203 g/mol. The molecule has 3 N–H and O–H groups in total. The first-order valence-electron chi connectivity index (χ1n) is 4.17. The number of rotatable bonds is 4. The summed E-state index contributed by atoms with van der Waals surface area (Å²) in [5, 5.41) is 7.60. The van der Waals surface area contributed by atoms with Crippen molar-refractivity contribution in [3.05, 3.63) is 0 Å². The summed E-state index contributed by atoms with van der Waals surface area (Å²) in [5.74, 6) is 0. The van der Waals surface area contributed by atoms with Crippen LogP contribution in [0.3, 0.4) is 0 Å². The van der Waals surface area contributed by atoms with Crippen LogP contribution in [0.2, 0.25) is 0 Å². The van der Waals surface area contributed by atoms with Gasteiger partial charge in [-0.3, -0.25) is 0 Å². The van der Waals surface area contributed by atoms with Crippen molar-refractivity contribution in [2.45, 2.75) is 37.1 Å². The summed E-state index contributed by atoms with van der Waals surface area (Å²) < 4.78 is 25.2. The van der Waals surface area contributed by atoms with Crippen LogP contribution in [0, 0.1) is 11.3 Å². The molecule has 6 heteroatoms. The maximum Gasteiger partial charge on any atom is 0.228 e. The zero-order chi connectivity index (χ0) is 10.1. The van der Waals surface area contributed by atoms with Crippen LogP contribution in [0.5, 0.6) is 0 Å². The first kappa shape index (κ1) is 10.4. The molecule has 1 saturated carbocycles. The zero-order valence-corrected chi connectivity index (χ0v) is 8.21. The van der Waals surface area contributed by atoms with Crippen LogP contribution in [0.4, 0.5) is 0 Å². The van der Waals surface area contributed by atoms with Gasteiger partial charge in [-0.2, -0.15) is 5.26 Å². The molecule has 13 heavy (non-hydrogen) atoms. The van der Waals surface area contributed by atoms with E-state index >= 15 is 0 Å². The van der Waals surface area contributed by atoms with Gasteiger partial charge in [-0.1, -0.05) is 6.92 Å². The van der Waals surface area contributed by atoms with Crippen LogP contribution in [0.25, 0.3) is 0 Å². The van der Waals surface area contributed by atoms with Gasteiger partial charge in [0.2, 0.25) is 10.0 Å². The Kier molecular flexibility index (Phi) is 2.91. The van der Waals surface area contributed by atoms with Gasteiger partial charge >= 0.3 is 0 Å². The molecule has 74 valence electrons. The molecular formula is C7H13N3O2S. The molecule has 0 saturated heterocycles. The Bertz CT molecular complexity index is 319. The van der Waals surface area contributed by atoms with Gasteiger partial charge in [0.1, 0.15) is 0 Å². The van der Waals surface area contributed by atoms with E-state index in [2.05, 4.69) is 4.72 Å². The Morgan fingerprint density at radius 3 is 2.62 bits per heavy atom. The van der Waals surface area contributed by atoms with Crippen LogP contribution >= 0.6 is 0 Å². The zero-order valence-electron chi connectivity index (χ0n) is 7.40. The highest BCUT2D eigenvalue weighted by Crippen LogP contribution is 2.20. The Hall–Kier alpha value is -0.640. The molecule has 3 atom stereocenters. The number of sulfonamides is 1. The van der Waals surface area contributed by atoms with E-state index in [1.807, 2.05) is 0 Å². The lowest BCUT2D eigenvalue weighted by Gasteiger charge is -2.08. The summed E-state index contributed by atoms with van der Waals surface area (Å²) in [4.78, 5) is 0. The van der Waals surface area contributed by atoms with Crippen molar-refractivity contribution in [1.29, 1.82) is 5.26 Å². The van der Waals surface area contributed by atoms with Crippen molar-refractivity contribution in [2.75, 3.05) is 0 Å². The minimum Gasteiger partial charge on any atom is -0.326 e. The second-order valence-corrected chi connectivity index (χ2v) is 5.09. The highest BCUT2D eigenvalue weighted by atomic mass is 32.2. The van der Waals surface area contributed by atoms with E-state index in [9.17, 15) is 8.42 Å². The first-order valence-corrected chi connectivity index (χ1v) is 5.72. The summed E-state index contributed by atoms with van der Waals surface area (Å²) >= 11 is 0. The lowest BCUT2D eigenvalue weighted by atomic mass is 10.4. The number of nitrogens with one attached hydrogen (secondary N) is 1. The van der Waals surface area contributed by atoms with Crippen LogP contribution in [-0.2, 0) is 10.0 Å². The average Bonchev–Trinajstić information content (AvgIpc) is 2.66. The molecule has 5 nitrogen and oxygen atoms in total. The van der Waals surface area contributed by atoms with Gasteiger partial charge in [0, 0.05) is 12.1 Å². The minimum absolute atomic E-state index is 0.0778. The summed E-state index contributed by atoms with van der Waals surface area (Å²) in [6.07, 6.45) is 0.967. The molecule has 0 aromatic carbocycles. The molecule has 0 aromatic rings. The van der Waals surface area contributed by atoms with E-state index in [0.717, 1.165) is 0 Å². The Morgan fingerprint density at radius 2 is 2.31 bits per heavy atom. The van der Waals surface area contributed by atoms with Crippen LogP contribution in [-0.4, -0.2) is 25.8 Å². The molecule has 1 fully saturated rings. The molecule has 0 spiro atoms. The van der Waals surface area contributed by atoms with Crippen molar-refractivity contribution in [2.24, 2.45) is 5.73 Å². The lowest BCUT2D eigenvalue weighted by Crippen LogP contribution is -2.36. The fourth-order valence-corrected chi connectivity index (χ4v) is 2.46. The summed E-state index contributed by atoms with van der Waals surface area (Å²) in [7, 11) is -3.48. The van der Waals surface area contributed by atoms with Gasteiger partial charge < -0.3 is 5.73 Å². The van der Waals surface area contributed by atoms with E-state index in [0.29, 0.717) is 12.8 Å². The SMILES string of the molecule is CCC(C#N)S(=O)(=O)NC1CC1N. The predicted octanol–water partition coefficient (Wildman–Crippen LogP) is -0.692. The lowest BCUT2D eigenvalue weighted by molar-refractivity contribution is 0.571. The molecule has 1 aliphatic rings. The highest BCUT2D eigenvalue weighted by molar-refractivity contribution is 7.90. The standard InChI is InChI=1S/C7H13N3O2S/c1-2-5(4-8)13(11,12)10-7-3-6(7)9/h5-7,10H,2-3,9H2,1H3. The fraction of sp³-hybridized carbons (Fsp3) is 0.857. The molecule has 0 radical (unpaired) electrons.